The number of aliphatic hydroxyl groups is 1. The van der Waals surface area contributed by atoms with Crippen LogP contribution in [0.3, 0.4) is 0 Å². The molecule has 1 unspecified atom stereocenters. The van der Waals surface area contributed by atoms with Crippen LogP contribution in [-0.2, 0) is 13.2 Å². The molecule has 0 aliphatic carbocycles. The summed E-state index contributed by atoms with van der Waals surface area (Å²) in [5, 5.41) is 9.73. The third kappa shape index (κ3) is 4.84. The van der Waals surface area contributed by atoms with Gasteiger partial charge in [-0.25, -0.2) is 9.97 Å². The molecule has 2 aromatic heterocycles. The highest BCUT2D eigenvalue weighted by Crippen LogP contribution is 2.34. The van der Waals surface area contributed by atoms with Crippen molar-refractivity contribution in [2.45, 2.75) is 45.9 Å². The number of pyridine rings is 1. The van der Waals surface area contributed by atoms with Crippen LogP contribution in [0.5, 0.6) is 5.75 Å². The van der Waals surface area contributed by atoms with Gasteiger partial charge in [0, 0.05) is 35.8 Å². The van der Waals surface area contributed by atoms with Gasteiger partial charge in [-0.3, -0.25) is 9.88 Å². The third-order valence-electron chi connectivity index (χ3n) is 5.66. The molecule has 3 aromatic rings. The van der Waals surface area contributed by atoms with Crippen LogP contribution < -0.4 is 10.5 Å². The van der Waals surface area contributed by atoms with Crippen molar-refractivity contribution in [2.75, 3.05) is 18.9 Å². The average Bonchev–Trinajstić information content (AvgIpc) is 3.23. The molecule has 1 aliphatic heterocycles. The van der Waals surface area contributed by atoms with Gasteiger partial charge in [0.25, 0.3) is 0 Å². The Kier molecular flexibility index (Phi) is 6.44. The third-order valence-corrected chi connectivity index (χ3v) is 5.66. The molecule has 3 heterocycles. The van der Waals surface area contributed by atoms with Crippen molar-refractivity contribution in [3.05, 3.63) is 65.2 Å². The van der Waals surface area contributed by atoms with Crippen molar-refractivity contribution < 1.29 is 9.84 Å². The predicted octanol–water partition coefficient (Wildman–Crippen LogP) is 3.66. The number of nitrogen functional groups attached to an aromatic ring is 1. The first-order chi connectivity index (χ1) is 15.1. The Morgan fingerprint density at radius 2 is 1.97 bits per heavy atom. The molecule has 7 heteroatoms. The zero-order valence-electron chi connectivity index (χ0n) is 18.1. The van der Waals surface area contributed by atoms with Crippen LogP contribution in [0.25, 0.3) is 11.1 Å². The molecule has 1 fully saturated rings. The van der Waals surface area contributed by atoms with Gasteiger partial charge in [0.1, 0.15) is 5.75 Å². The minimum Gasteiger partial charge on any atom is -0.494 e. The number of likely N-dealkylation sites (tertiary alicyclic amines) is 1. The van der Waals surface area contributed by atoms with Crippen molar-refractivity contribution in [3.8, 4) is 16.9 Å². The summed E-state index contributed by atoms with van der Waals surface area (Å²) in [5.74, 6) is 1.02. The molecule has 0 spiro atoms. The van der Waals surface area contributed by atoms with Gasteiger partial charge in [0.2, 0.25) is 5.95 Å². The van der Waals surface area contributed by atoms with Crippen molar-refractivity contribution in [3.63, 3.8) is 0 Å². The van der Waals surface area contributed by atoms with Crippen molar-refractivity contribution in [2.24, 2.45) is 0 Å². The van der Waals surface area contributed by atoms with E-state index in [4.69, 9.17) is 15.5 Å². The maximum atomic E-state index is 9.73. The van der Waals surface area contributed by atoms with Gasteiger partial charge in [0.05, 0.1) is 24.9 Å². The van der Waals surface area contributed by atoms with Crippen LogP contribution in [0.1, 0.15) is 48.3 Å². The van der Waals surface area contributed by atoms with Crippen LogP contribution >= 0.6 is 0 Å². The molecular formula is C24H29N5O2. The Hall–Kier alpha value is -3.03. The van der Waals surface area contributed by atoms with E-state index in [0.29, 0.717) is 6.61 Å². The quantitative estimate of drug-likeness (QED) is 0.603. The number of hydrogen-bond acceptors (Lipinski definition) is 7. The van der Waals surface area contributed by atoms with Gasteiger partial charge in [-0.05, 0) is 68.6 Å². The average molecular weight is 420 g/mol. The summed E-state index contributed by atoms with van der Waals surface area (Å²) in [6.45, 7) is 6.34. The Labute approximate surface area is 182 Å². The van der Waals surface area contributed by atoms with E-state index in [9.17, 15) is 5.11 Å². The molecule has 0 saturated carbocycles. The normalized spacial score (nSPS) is 16.5. The largest absolute Gasteiger partial charge is 0.494 e. The maximum Gasteiger partial charge on any atom is 0.219 e. The van der Waals surface area contributed by atoms with Gasteiger partial charge in [-0.2, -0.15) is 0 Å². The SMILES string of the molecule is CCOc1ccc(CN2CCCC2c2cc(-c3cnc(N)nc3)cc(C)n2)cc1CO. The zero-order chi connectivity index (χ0) is 21.8. The second kappa shape index (κ2) is 9.41. The summed E-state index contributed by atoms with van der Waals surface area (Å²) in [4.78, 5) is 15.6. The number of benzene rings is 1. The molecule has 7 nitrogen and oxygen atoms in total. The fourth-order valence-electron chi connectivity index (χ4n) is 4.25. The summed E-state index contributed by atoms with van der Waals surface area (Å²) in [6, 6.07) is 10.5. The highest BCUT2D eigenvalue weighted by molar-refractivity contribution is 5.63. The Bertz CT molecular complexity index is 1040. The lowest BCUT2D eigenvalue weighted by Crippen LogP contribution is -2.23. The molecule has 1 atom stereocenters. The molecular weight excluding hydrogens is 390 g/mol. The fraction of sp³-hybridized carbons (Fsp3) is 0.375. The molecule has 31 heavy (non-hydrogen) atoms. The van der Waals surface area contributed by atoms with Gasteiger partial charge in [-0.15, -0.1) is 0 Å². The molecule has 4 rings (SSSR count). The molecule has 1 aliphatic rings. The number of hydrogen-bond donors (Lipinski definition) is 2. The first-order valence-electron chi connectivity index (χ1n) is 10.7. The lowest BCUT2D eigenvalue weighted by molar-refractivity contribution is 0.242. The number of aryl methyl sites for hydroxylation is 1. The maximum absolute atomic E-state index is 9.73. The number of anilines is 1. The van der Waals surface area contributed by atoms with Gasteiger partial charge in [-0.1, -0.05) is 6.07 Å². The summed E-state index contributed by atoms with van der Waals surface area (Å²) >= 11 is 0. The number of ether oxygens (including phenoxy) is 1. The molecule has 0 bridgehead atoms. The summed E-state index contributed by atoms with van der Waals surface area (Å²) in [7, 11) is 0. The predicted molar refractivity (Wildman–Crippen MR) is 120 cm³/mol. The number of nitrogens with two attached hydrogens (primary N) is 1. The monoisotopic (exact) mass is 419 g/mol. The highest BCUT2D eigenvalue weighted by atomic mass is 16.5. The van der Waals surface area contributed by atoms with E-state index in [2.05, 4.69) is 33.1 Å². The van der Waals surface area contributed by atoms with E-state index < -0.39 is 0 Å². The molecule has 0 amide bonds. The number of aliphatic hydroxyl groups excluding tert-OH is 1. The van der Waals surface area contributed by atoms with Crippen LogP contribution in [0.15, 0.2) is 42.7 Å². The fourth-order valence-corrected chi connectivity index (χ4v) is 4.25. The number of nitrogens with zero attached hydrogens (tertiary/aromatic N) is 4. The Morgan fingerprint density at radius 3 is 2.71 bits per heavy atom. The van der Waals surface area contributed by atoms with Crippen molar-refractivity contribution in [1.82, 2.24) is 19.9 Å². The lowest BCUT2D eigenvalue weighted by Gasteiger charge is -2.25. The van der Waals surface area contributed by atoms with Crippen molar-refractivity contribution in [1.29, 1.82) is 0 Å². The second-order valence-corrected chi connectivity index (χ2v) is 7.91. The van der Waals surface area contributed by atoms with Crippen molar-refractivity contribution >= 4 is 5.95 Å². The lowest BCUT2D eigenvalue weighted by atomic mass is 10.0. The van der Waals surface area contributed by atoms with Crippen LogP contribution in [0.2, 0.25) is 0 Å². The summed E-state index contributed by atoms with van der Waals surface area (Å²) < 4.78 is 5.62. The number of rotatable bonds is 7. The van der Waals surface area contributed by atoms with Crippen LogP contribution in [-0.4, -0.2) is 38.1 Å². The van der Waals surface area contributed by atoms with Gasteiger partial charge < -0.3 is 15.6 Å². The molecule has 162 valence electrons. The van der Waals surface area contributed by atoms with E-state index >= 15 is 0 Å². The molecule has 0 radical (unpaired) electrons. The number of aromatic nitrogens is 3. The standard InChI is InChI=1S/C24H29N5O2/c1-3-31-23-7-6-17(10-19(23)15-30)14-29-8-4-5-22(29)21-11-18(9-16(2)28-21)20-12-26-24(25)27-13-20/h6-7,9-13,22,30H,3-5,8,14-15H2,1-2H3,(H2,25,26,27). The topological polar surface area (TPSA) is 97.4 Å². The first kappa shape index (κ1) is 21.2. The summed E-state index contributed by atoms with van der Waals surface area (Å²) in [5.41, 5.74) is 11.7. The minimum atomic E-state index is -0.0287. The smallest absolute Gasteiger partial charge is 0.219 e. The van der Waals surface area contributed by atoms with Gasteiger partial charge in [0.15, 0.2) is 0 Å². The zero-order valence-corrected chi connectivity index (χ0v) is 18.1. The molecule has 3 N–H and O–H groups in total. The Balaban J connectivity index is 1.58. The van der Waals surface area contributed by atoms with Crippen LogP contribution in [0, 0.1) is 6.92 Å². The molecule has 1 saturated heterocycles. The van der Waals surface area contributed by atoms with E-state index in [-0.39, 0.29) is 18.6 Å². The van der Waals surface area contributed by atoms with E-state index in [1.807, 2.05) is 26.0 Å². The van der Waals surface area contributed by atoms with E-state index in [0.717, 1.165) is 59.8 Å². The highest BCUT2D eigenvalue weighted by Gasteiger charge is 2.28. The second-order valence-electron chi connectivity index (χ2n) is 7.91. The Morgan fingerprint density at radius 1 is 1.16 bits per heavy atom. The van der Waals surface area contributed by atoms with E-state index in [1.54, 1.807) is 12.4 Å². The first-order valence-corrected chi connectivity index (χ1v) is 10.7. The van der Waals surface area contributed by atoms with Gasteiger partial charge >= 0.3 is 0 Å². The summed E-state index contributed by atoms with van der Waals surface area (Å²) in [6.07, 6.45) is 5.70. The molecule has 1 aromatic carbocycles. The van der Waals surface area contributed by atoms with Crippen LogP contribution in [0.4, 0.5) is 5.95 Å². The minimum absolute atomic E-state index is 0.0287. The van der Waals surface area contributed by atoms with E-state index in [1.165, 1.54) is 5.56 Å².